The third-order valence-electron chi connectivity index (χ3n) is 2.93. The number of rotatable bonds is 7. The first-order valence-corrected chi connectivity index (χ1v) is 7.98. The highest BCUT2D eigenvalue weighted by molar-refractivity contribution is 7.15. The SMILES string of the molecule is CCCNCc1sc(-c2ccc(Cl)cc2F)nc1COC. The molecule has 2 rings (SSSR count). The fraction of sp³-hybridized carbons (Fsp3) is 0.400. The van der Waals surface area contributed by atoms with Gasteiger partial charge in [-0.25, -0.2) is 9.37 Å². The fourth-order valence-corrected chi connectivity index (χ4v) is 3.15. The van der Waals surface area contributed by atoms with Gasteiger partial charge in [-0.15, -0.1) is 11.3 Å². The van der Waals surface area contributed by atoms with E-state index in [1.165, 1.54) is 17.4 Å². The molecule has 2 aromatic rings. The van der Waals surface area contributed by atoms with Gasteiger partial charge in [-0.2, -0.15) is 0 Å². The van der Waals surface area contributed by atoms with E-state index in [2.05, 4.69) is 17.2 Å². The standard InChI is InChI=1S/C15H18ClFN2OS/c1-3-6-18-8-14-13(9-20-2)19-15(21-14)11-5-4-10(16)7-12(11)17/h4-5,7,18H,3,6,8-9H2,1-2H3. The van der Waals surface area contributed by atoms with E-state index < -0.39 is 0 Å². The summed E-state index contributed by atoms with van der Waals surface area (Å²) in [6, 6.07) is 4.64. The van der Waals surface area contributed by atoms with Gasteiger partial charge in [0.15, 0.2) is 0 Å². The van der Waals surface area contributed by atoms with Crippen LogP contribution in [0, 0.1) is 5.82 Å². The summed E-state index contributed by atoms with van der Waals surface area (Å²) >= 11 is 7.27. The van der Waals surface area contributed by atoms with Crippen molar-refractivity contribution in [1.29, 1.82) is 0 Å². The van der Waals surface area contributed by atoms with Crippen LogP contribution < -0.4 is 5.32 Å². The zero-order valence-electron chi connectivity index (χ0n) is 12.1. The first kappa shape index (κ1) is 16.4. The third-order valence-corrected chi connectivity index (χ3v) is 4.30. The van der Waals surface area contributed by atoms with Crippen molar-refractivity contribution in [2.75, 3.05) is 13.7 Å². The number of aromatic nitrogens is 1. The lowest BCUT2D eigenvalue weighted by atomic mass is 10.2. The molecule has 0 spiro atoms. The Labute approximate surface area is 133 Å². The molecule has 6 heteroatoms. The van der Waals surface area contributed by atoms with Crippen LogP contribution in [0.3, 0.4) is 0 Å². The van der Waals surface area contributed by atoms with Gasteiger partial charge in [0.05, 0.1) is 12.3 Å². The van der Waals surface area contributed by atoms with Crippen molar-refractivity contribution in [2.45, 2.75) is 26.5 Å². The van der Waals surface area contributed by atoms with Crippen LogP contribution in [-0.4, -0.2) is 18.6 Å². The minimum absolute atomic E-state index is 0.353. The maximum absolute atomic E-state index is 14.0. The highest BCUT2D eigenvalue weighted by atomic mass is 35.5. The fourth-order valence-electron chi connectivity index (χ4n) is 1.93. The van der Waals surface area contributed by atoms with Crippen LogP contribution in [0.2, 0.25) is 5.02 Å². The van der Waals surface area contributed by atoms with E-state index in [9.17, 15) is 4.39 Å². The lowest BCUT2D eigenvalue weighted by Gasteiger charge is -2.02. The van der Waals surface area contributed by atoms with Crippen molar-refractivity contribution in [2.24, 2.45) is 0 Å². The third kappa shape index (κ3) is 4.23. The summed E-state index contributed by atoms with van der Waals surface area (Å²) in [7, 11) is 1.63. The summed E-state index contributed by atoms with van der Waals surface area (Å²) in [5.74, 6) is -0.353. The Morgan fingerprint density at radius 3 is 2.90 bits per heavy atom. The molecule has 3 nitrogen and oxygen atoms in total. The molecule has 0 aliphatic rings. The predicted molar refractivity (Wildman–Crippen MR) is 85.2 cm³/mol. The number of nitrogens with zero attached hydrogens (tertiary/aromatic N) is 1. The molecule has 0 atom stereocenters. The van der Waals surface area contributed by atoms with Gasteiger partial charge in [-0.1, -0.05) is 18.5 Å². The molecule has 1 heterocycles. The summed E-state index contributed by atoms with van der Waals surface area (Å²) in [5, 5.41) is 4.38. The van der Waals surface area contributed by atoms with Gasteiger partial charge in [0.1, 0.15) is 10.8 Å². The van der Waals surface area contributed by atoms with Crippen LogP contribution >= 0.6 is 22.9 Å². The van der Waals surface area contributed by atoms with Crippen LogP contribution in [0.4, 0.5) is 4.39 Å². The maximum Gasteiger partial charge on any atom is 0.134 e. The molecule has 1 N–H and O–H groups in total. The molecule has 0 saturated heterocycles. The van der Waals surface area contributed by atoms with E-state index >= 15 is 0 Å². The number of hydrogen-bond acceptors (Lipinski definition) is 4. The first-order valence-electron chi connectivity index (χ1n) is 6.79. The molecule has 0 unspecified atom stereocenters. The Morgan fingerprint density at radius 1 is 1.43 bits per heavy atom. The molecule has 114 valence electrons. The molecule has 1 aromatic carbocycles. The first-order chi connectivity index (χ1) is 10.2. The Balaban J connectivity index is 2.29. The summed E-state index contributed by atoms with van der Waals surface area (Å²) in [4.78, 5) is 5.59. The molecule has 0 bridgehead atoms. The van der Waals surface area contributed by atoms with Crippen LogP contribution in [-0.2, 0) is 17.9 Å². The summed E-state index contributed by atoms with van der Waals surface area (Å²) in [5.41, 5.74) is 1.33. The lowest BCUT2D eigenvalue weighted by Crippen LogP contribution is -2.14. The van der Waals surface area contributed by atoms with Gasteiger partial charge >= 0.3 is 0 Å². The number of thiazole rings is 1. The molecule has 0 aliphatic heterocycles. The molecule has 0 radical (unpaired) electrons. The molecule has 0 aliphatic carbocycles. The monoisotopic (exact) mass is 328 g/mol. The van der Waals surface area contributed by atoms with E-state index in [4.69, 9.17) is 16.3 Å². The average molecular weight is 329 g/mol. The number of nitrogens with one attached hydrogen (secondary N) is 1. The van der Waals surface area contributed by atoms with E-state index in [0.29, 0.717) is 22.2 Å². The normalized spacial score (nSPS) is 11.0. The van der Waals surface area contributed by atoms with Gasteiger partial charge in [-0.05, 0) is 31.2 Å². The summed E-state index contributed by atoms with van der Waals surface area (Å²) in [6.45, 7) is 4.20. The molecular weight excluding hydrogens is 311 g/mol. The van der Waals surface area contributed by atoms with E-state index in [1.807, 2.05) is 0 Å². The largest absolute Gasteiger partial charge is 0.378 e. The highest BCUT2D eigenvalue weighted by Crippen LogP contribution is 2.31. The average Bonchev–Trinajstić information content (AvgIpc) is 2.82. The van der Waals surface area contributed by atoms with Gasteiger partial charge in [0.25, 0.3) is 0 Å². The van der Waals surface area contributed by atoms with Gasteiger partial charge in [-0.3, -0.25) is 0 Å². The Bertz CT molecular complexity index is 603. The van der Waals surface area contributed by atoms with Crippen molar-refractivity contribution in [3.63, 3.8) is 0 Å². The van der Waals surface area contributed by atoms with Crippen molar-refractivity contribution < 1.29 is 9.13 Å². The van der Waals surface area contributed by atoms with Gasteiger partial charge in [0.2, 0.25) is 0 Å². The lowest BCUT2D eigenvalue weighted by molar-refractivity contribution is 0.181. The summed E-state index contributed by atoms with van der Waals surface area (Å²) in [6.07, 6.45) is 1.07. The van der Waals surface area contributed by atoms with Crippen molar-refractivity contribution in [1.82, 2.24) is 10.3 Å². The number of methoxy groups -OCH3 is 1. The molecular formula is C15H18ClFN2OS. The second-order valence-corrected chi connectivity index (χ2v) is 6.14. The highest BCUT2D eigenvalue weighted by Gasteiger charge is 2.15. The van der Waals surface area contributed by atoms with Crippen molar-refractivity contribution in [3.05, 3.63) is 39.6 Å². The van der Waals surface area contributed by atoms with Gasteiger partial charge < -0.3 is 10.1 Å². The Morgan fingerprint density at radius 2 is 2.24 bits per heavy atom. The maximum atomic E-state index is 14.0. The van der Waals surface area contributed by atoms with Crippen molar-refractivity contribution in [3.8, 4) is 10.6 Å². The second kappa shape index (κ2) is 7.84. The van der Waals surface area contributed by atoms with Crippen LogP contribution in [0.5, 0.6) is 0 Å². The van der Waals surface area contributed by atoms with Crippen LogP contribution in [0.15, 0.2) is 18.2 Å². The predicted octanol–water partition coefficient (Wildman–Crippen LogP) is 4.25. The smallest absolute Gasteiger partial charge is 0.134 e. The zero-order chi connectivity index (χ0) is 15.2. The second-order valence-electron chi connectivity index (χ2n) is 4.62. The van der Waals surface area contributed by atoms with E-state index in [-0.39, 0.29) is 5.82 Å². The molecule has 0 amide bonds. The quantitative estimate of drug-likeness (QED) is 0.772. The zero-order valence-corrected chi connectivity index (χ0v) is 13.7. The van der Waals surface area contributed by atoms with Crippen LogP contribution in [0.25, 0.3) is 10.6 Å². The topological polar surface area (TPSA) is 34.2 Å². The number of halogens is 2. The minimum atomic E-state index is -0.353. The van der Waals surface area contributed by atoms with E-state index in [1.54, 1.807) is 19.2 Å². The Kier molecular flexibility index (Phi) is 6.11. The van der Waals surface area contributed by atoms with Gasteiger partial charge in [0, 0.05) is 29.1 Å². The summed E-state index contributed by atoms with van der Waals surface area (Å²) < 4.78 is 19.2. The Hall–Kier alpha value is -1.01. The number of hydrogen-bond donors (Lipinski definition) is 1. The number of ether oxygens (including phenoxy) is 1. The van der Waals surface area contributed by atoms with Crippen molar-refractivity contribution >= 4 is 22.9 Å². The molecule has 21 heavy (non-hydrogen) atoms. The minimum Gasteiger partial charge on any atom is -0.378 e. The van der Waals surface area contributed by atoms with E-state index in [0.717, 1.165) is 30.1 Å². The molecule has 0 fully saturated rings. The number of benzene rings is 1. The molecule has 0 saturated carbocycles. The molecule has 1 aromatic heterocycles. The van der Waals surface area contributed by atoms with Crippen LogP contribution in [0.1, 0.15) is 23.9 Å².